The van der Waals surface area contributed by atoms with Gasteiger partial charge in [-0.25, -0.2) is 0 Å². The first-order valence-electron chi connectivity index (χ1n) is 5.81. The zero-order chi connectivity index (χ0) is 13.9. The first-order chi connectivity index (χ1) is 8.25. The maximum atomic E-state index is 11.8. The van der Waals surface area contributed by atoms with E-state index in [0.717, 1.165) is 0 Å². The average Bonchev–Trinajstić information content (AvgIpc) is 2.25. The van der Waals surface area contributed by atoms with Gasteiger partial charge in [0.05, 0.1) is 7.11 Å². The number of carbonyl (C=O) groups excluding carboxylic acids is 1. The number of carbonyl (C=O) groups is 1. The highest BCUT2D eigenvalue weighted by molar-refractivity contribution is 5.81. The molecule has 0 atom stereocenters. The number of rotatable bonds is 3. The molecule has 100 valence electrons. The van der Waals surface area contributed by atoms with Crippen molar-refractivity contribution in [3.05, 3.63) is 27.5 Å². The van der Waals surface area contributed by atoms with Gasteiger partial charge >= 0.3 is 0 Å². The molecule has 0 radical (unpaired) electrons. The third kappa shape index (κ3) is 3.35. The number of nitrogens with one attached hydrogen (secondary N) is 2. The molecule has 0 spiro atoms. The smallest absolute Gasteiger partial charge is 0.225 e. The normalized spacial score (nSPS) is 11.2. The quantitative estimate of drug-likeness (QED) is 0.853. The van der Waals surface area contributed by atoms with Crippen molar-refractivity contribution in [1.82, 2.24) is 10.3 Å². The van der Waals surface area contributed by atoms with Gasteiger partial charge in [-0.1, -0.05) is 20.8 Å². The van der Waals surface area contributed by atoms with Gasteiger partial charge in [0.1, 0.15) is 0 Å². The molecule has 0 saturated heterocycles. The Morgan fingerprint density at radius 3 is 2.50 bits per heavy atom. The number of aromatic nitrogens is 1. The van der Waals surface area contributed by atoms with Gasteiger partial charge in [0.25, 0.3) is 0 Å². The minimum Gasteiger partial charge on any atom is -0.482 e. The molecule has 1 amide bonds. The van der Waals surface area contributed by atoms with Crippen molar-refractivity contribution >= 4 is 5.91 Å². The summed E-state index contributed by atoms with van der Waals surface area (Å²) in [6, 6.07) is 1.38. The largest absolute Gasteiger partial charge is 0.482 e. The van der Waals surface area contributed by atoms with Crippen LogP contribution in [0.5, 0.6) is 5.88 Å². The molecule has 0 saturated carbocycles. The molecule has 5 heteroatoms. The SMILES string of the molecule is COc1cc(=O)c(CNC(=O)C(C)(C)C)c(C)[nH]1. The second-order valence-electron chi connectivity index (χ2n) is 5.24. The molecular formula is C13H20N2O3. The van der Waals surface area contributed by atoms with E-state index in [2.05, 4.69) is 10.3 Å². The van der Waals surface area contributed by atoms with Crippen LogP contribution >= 0.6 is 0 Å². The van der Waals surface area contributed by atoms with Crippen molar-refractivity contribution in [2.75, 3.05) is 7.11 Å². The minimum atomic E-state index is -0.465. The van der Waals surface area contributed by atoms with E-state index in [-0.39, 0.29) is 17.9 Å². The van der Waals surface area contributed by atoms with Gasteiger partial charge in [-0.3, -0.25) is 9.59 Å². The van der Waals surface area contributed by atoms with Crippen LogP contribution in [0.3, 0.4) is 0 Å². The first-order valence-corrected chi connectivity index (χ1v) is 5.81. The Hall–Kier alpha value is -1.78. The van der Waals surface area contributed by atoms with Crippen molar-refractivity contribution in [3.8, 4) is 5.88 Å². The summed E-state index contributed by atoms with van der Waals surface area (Å²) in [7, 11) is 1.49. The van der Waals surface area contributed by atoms with E-state index < -0.39 is 5.41 Å². The molecule has 1 aromatic rings. The molecule has 1 aromatic heterocycles. The Balaban J connectivity index is 2.87. The number of ether oxygens (including phenoxy) is 1. The van der Waals surface area contributed by atoms with Crippen LogP contribution in [0.2, 0.25) is 0 Å². The fourth-order valence-corrected chi connectivity index (χ4v) is 1.45. The van der Waals surface area contributed by atoms with Crippen LogP contribution in [0.15, 0.2) is 10.9 Å². The Bertz CT molecular complexity index is 498. The van der Waals surface area contributed by atoms with Crippen LogP contribution < -0.4 is 15.5 Å². The van der Waals surface area contributed by atoms with E-state index in [4.69, 9.17) is 4.74 Å². The van der Waals surface area contributed by atoms with E-state index in [1.807, 2.05) is 20.8 Å². The van der Waals surface area contributed by atoms with E-state index in [1.54, 1.807) is 6.92 Å². The molecule has 0 aromatic carbocycles. The molecule has 0 bridgehead atoms. The molecule has 1 rings (SSSR count). The first kappa shape index (κ1) is 14.3. The summed E-state index contributed by atoms with van der Waals surface area (Å²) in [6.45, 7) is 7.48. The van der Waals surface area contributed by atoms with Gasteiger partial charge < -0.3 is 15.0 Å². The summed E-state index contributed by atoms with van der Waals surface area (Å²) in [5, 5.41) is 2.76. The van der Waals surface area contributed by atoms with Crippen molar-refractivity contribution in [2.24, 2.45) is 5.41 Å². The van der Waals surface area contributed by atoms with Crippen LogP contribution in [0, 0.1) is 12.3 Å². The standard InChI is InChI=1S/C13H20N2O3/c1-8-9(7-14-12(17)13(2,3)4)10(16)6-11(15-8)18-5/h6H,7H2,1-5H3,(H,14,17)(H,15,16). The summed E-state index contributed by atoms with van der Waals surface area (Å²) in [5.41, 5.74) is 0.645. The Morgan fingerprint density at radius 2 is 2.06 bits per heavy atom. The maximum Gasteiger partial charge on any atom is 0.225 e. The number of aromatic amines is 1. The van der Waals surface area contributed by atoms with Crippen LogP contribution in [0.25, 0.3) is 0 Å². The molecule has 0 fully saturated rings. The number of H-pyrrole nitrogens is 1. The predicted molar refractivity (Wildman–Crippen MR) is 69.7 cm³/mol. The molecule has 0 unspecified atom stereocenters. The summed E-state index contributed by atoms with van der Waals surface area (Å²) < 4.78 is 4.97. The molecule has 1 heterocycles. The molecule has 18 heavy (non-hydrogen) atoms. The lowest BCUT2D eigenvalue weighted by Gasteiger charge is -2.18. The van der Waals surface area contributed by atoms with Gasteiger partial charge in [-0.05, 0) is 6.92 Å². The van der Waals surface area contributed by atoms with Crippen LogP contribution in [-0.4, -0.2) is 18.0 Å². The van der Waals surface area contributed by atoms with Crippen LogP contribution in [0.4, 0.5) is 0 Å². The highest BCUT2D eigenvalue weighted by atomic mass is 16.5. The zero-order valence-corrected chi connectivity index (χ0v) is 11.5. The minimum absolute atomic E-state index is 0.0860. The molecule has 2 N–H and O–H groups in total. The third-order valence-corrected chi connectivity index (χ3v) is 2.65. The lowest BCUT2D eigenvalue weighted by molar-refractivity contribution is -0.128. The molecule has 0 aliphatic heterocycles. The van der Waals surface area contributed by atoms with Gasteiger partial charge in [-0.2, -0.15) is 0 Å². The van der Waals surface area contributed by atoms with E-state index >= 15 is 0 Å². The summed E-state index contributed by atoms with van der Waals surface area (Å²) in [4.78, 5) is 26.5. The van der Waals surface area contributed by atoms with Crippen LogP contribution in [0.1, 0.15) is 32.0 Å². The third-order valence-electron chi connectivity index (χ3n) is 2.65. The fraction of sp³-hybridized carbons (Fsp3) is 0.538. The molecular weight excluding hydrogens is 232 g/mol. The maximum absolute atomic E-state index is 11.8. The number of aryl methyl sites for hydroxylation is 1. The Labute approximate surface area is 107 Å². The van der Waals surface area contributed by atoms with Gasteiger partial charge in [-0.15, -0.1) is 0 Å². The van der Waals surface area contributed by atoms with E-state index in [1.165, 1.54) is 13.2 Å². The summed E-state index contributed by atoms with van der Waals surface area (Å²) in [5.74, 6) is 0.334. The summed E-state index contributed by atoms with van der Waals surface area (Å²) in [6.07, 6.45) is 0. The highest BCUT2D eigenvalue weighted by Gasteiger charge is 2.21. The predicted octanol–water partition coefficient (Wildman–Crippen LogP) is 1.35. The highest BCUT2D eigenvalue weighted by Crippen LogP contribution is 2.13. The van der Waals surface area contributed by atoms with Crippen LogP contribution in [-0.2, 0) is 11.3 Å². The van der Waals surface area contributed by atoms with Gasteiger partial charge in [0.15, 0.2) is 11.3 Å². The summed E-state index contributed by atoms with van der Waals surface area (Å²) >= 11 is 0. The van der Waals surface area contributed by atoms with Crippen molar-refractivity contribution in [1.29, 1.82) is 0 Å². The number of amides is 1. The second kappa shape index (κ2) is 5.25. The van der Waals surface area contributed by atoms with E-state index in [9.17, 15) is 9.59 Å². The van der Waals surface area contributed by atoms with Crippen molar-refractivity contribution in [2.45, 2.75) is 34.2 Å². The van der Waals surface area contributed by atoms with Gasteiger partial charge in [0.2, 0.25) is 5.91 Å². The molecule has 5 nitrogen and oxygen atoms in total. The number of pyridine rings is 1. The van der Waals surface area contributed by atoms with Crippen molar-refractivity contribution in [3.63, 3.8) is 0 Å². The zero-order valence-electron chi connectivity index (χ0n) is 11.5. The Morgan fingerprint density at radius 1 is 1.44 bits per heavy atom. The number of hydrogen-bond donors (Lipinski definition) is 2. The lowest BCUT2D eigenvalue weighted by atomic mass is 9.95. The topological polar surface area (TPSA) is 71.2 Å². The van der Waals surface area contributed by atoms with Gasteiger partial charge in [0, 0.05) is 29.3 Å². The molecule has 0 aliphatic carbocycles. The Kier molecular flexibility index (Phi) is 4.16. The monoisotopic (exact) mass is 252 g/mol. The fourth-order valence-electron chi connectivity index (χ4n) is 1.45. The molecule has 0 aliphatic rings. The number of hydrogen-bond acceptors (Lipinski definition) is 3. The second-order valence-corrected chi connectivity index (χ2v) is 5.24. The lowest BCUT2D eigenvalue weighted by Crippen LogP contribution is -2.35. The van der Waals surface area contributed by atoms with E-state index in [0.29, 0.717) is 17.1 Å². The van der Waals surface area contributed by atoms with Crippen molar-refractivity contribution < 1.29 is 9.53 Å². The number of methoxy groups -OCH3 is 1. The average molecular weight is 252 g/mol.